The predicted molar refractivity (Wildman–Crippen MR) is 92.1 cm³/mol. The average molecular weight is 370 g/mol. The molecule has 1 amide bonds. The third kappa shape index (κ3) is 5.43. The summed E-state index contributed by atoms with van der Waals surface area (Å²) in [7, 11) is -3.10. The maximum Gasteiger partial charge on any atom is 0.341 e. The van der Waals surface area contributed by atoms with E-state index in [1.807, 2.05) is 0 Å². The number of esters is 1. The van der Waals surface area contributed by atoms with Crippen molar-refractivity contribution >= 4 is 27.4 Å². The number of benzene rings is 1. The van der Waals surface area contributed by atoms with Crippen molar-refractivity contribution in [1.82, 2.24) is 5.32 Å². The molecule has 1 heterocycles. The van der Waals surface area contributed by atoms with E-state index in [1.165, 1.54) is 6.92 Å². The van der Waals surface area contributed by atoms with Crippen LogP contribution in [0.1, 0.15) is 23.7 Å². The highest BCUT2D eigenvalue weighted by Crippen LogP contribution is 2.17. The highest BCUT2D eigenvalue weighted by atomic mass is 32.2. The van der Waals surface area contributed by atoms with Gasteiger partial charge in [-0.15, -0.1) is 0 Å². The first-order chi connectivity index (χ1) is 11.8. The lowest BCUT2D eigenvalue weighted by molar-refractivity contribution is -0.129. The second-order valence-corrected chi connectivity index (χ2v) is 8.08. The standard InChI is InChI=1S/C16H22N2O6S/c1-11(15(20)18-12-6-9-25(22,23)10-12)24-16(21)13-4-2-3-5-14(13)17-7-8-19/h2-5,11-12,17,19H,6-10H2,1H3,(H,18,20)/t11-,12+/m1/s1. The van der Waals surface area contributed by atoms with Gasteiger partial charge in [-0.2, -0.15) is 0 Å². The van der Waals surface area contributed by atoms with Crippen LogP contribution in [0.25, 0.3) is 0 Å². The van der Waals surface area contributed by atoms with Crippen molar-refractivity contribution < 1.29 is 27.9 Å². The quantitative estimate of drug-likeness (QED) is 0.575. The number of para-hydroxylation sites is 1. The monoisotopic (exact) mass is 370 g/mol. The lowest BCUT2D eigenvalue weighted by Gasteiger charge is -2.17. The molecule has 0 aliphatic carbocycles. The first-order valence-corrected chi connectivity index (χ1v) is 9.80. The van der Waals surface area contributed by atoms with E-state index in [9.17, 15) is 18.0 Å². The number of carbonyl (C=O) groups is 2. The summed E-state index contributed by atoms with van der Waals surface area (Å²) >= 11 is 0. The van der Waals surface area contributed by atoms with E-state index >= 15 is 0 Å². The van der Waals surface area contributed by atoms with Crippen LogP contribution in [-0.2, 0) is 19.4 Å². The summed E-state index contributed by atoms with van der Waals surface area (Å²) in [5.74, 6) is -1.25. The first kappa shape index (κ1) is 19.2. The zero-order valence-electron chi connectivity index (χ0n) is 13.9. The molecule has 2 rings (SSSR count). The number of rotatable bonds is 7. The van der Waals surface area contributed by atoms with E-state index in [1.54, 1.807) is 24.3 Å². The third-order valence-corrected chi connectivity index (χ3v) is 5.57. The molecule has 9 heteroatoms. The van der Waals surface area contributed by atoms with Gasteiger partial charge in [-0.1, -0.05) is 12.1 Å². The van der Waals surface area contributed by atoms with Crippen molar-refractivity contribution in [1.29, 1.82) is 0 Å². The van der Waals surface area contributed by atoms with E-state index in [-0.39, 0.29) is 30.2 Å². The Balaban J connectivity index is 1.94. The van der Waals surface area contributed by atoms with Gasteiger partial charge in [0.2, 0.25) is 0 Å². The number of carbonyl (C=O) groups excluding carboxylic acids is 2. The Labute approximate surface area is 146 Å². The Bertz CT molecular complexity index is 734. The summed E-state index contributed by atoms with van der Waals surface area (Å²) in [6, 6.07) is 6.16. The molecule has 0 bridgehead atoms. The van der Waals surface area contributed by atoms with Crippen molar-refractivity contribution in [3.05, 3.63) is 29.8 Å². The Hall–Kier alpha value is -2.13. The molecule has 138 valence electrons. The van der Waals surface area contributed by atoms with E-state index in [0.717, 1.165) is 0 Å². The fourth-order valence-electron chi connectivity index (χ4n) is 2.51. The number of hydrogen-bond acceptors (Lipinski definition) is 7. The largest absolute Gasteiger partial charge is 0.449 e. The molecule has 1 aromatic rings. The van der Waals surface area contributed by atoms with Crippen LogP contribution < -0.4 is 10.6 Å². The van der Waals surface area contributed by atoms with Gasteiger partial charge in [-0.3, -0.25) is 4.79 Å². The van der Waals surface area contributed by atoms with Crippen LogP contribution >= 0.6 is 0 Å². The summed E-state index contributed by atoms with van der Waals surface area (Å²) < 4.78 is 28.0. The van der Waals surface area contributed by atoms with Crippen LogP contribution in [0, 0.1) is 0 Å². The number of hydrogen-bond donors (Lipinski definition) is 3. The minimum Gasteiger partial charge on any atom is -0.449 e. The third-order valence-electron chi connectivity index (χ3n) is 3.81. The number of anilines is 1. The number of nitrogens with one attached hydrogen (secondary N) is 2. The van der Waals surface area contributed by atoms with Gasteiger partial charge in [0.15, 0.2) is 15.9 Å². The molecule has 25 heavy (non-hydrogen) atoms. The summed E-state index contributed by atoms with van der Waals surface area (Å²) in [4.78, 5) is 24.4. The van der Waals surface area contributed by atoms with Gasteiger partial charge in [0, 0.05) is 18.3 Å². The summed E-state index contributed by atoms with van der Waals surface area (Å²) in [5, 5.41) is 14.4. The highest BCUT2D eigenvalue weighted by Gasteiger charge is 2.31. The Kier molecular flexibility index (Phi) is 6.38. The second kappa shape index (κ2) is 8.30. The van der Waals surface area contributed by atoms with Crippen LogP contribution in [0.5, 0.6) is 0 Å². The van der Waals surface area contributed by atoms with Gasteiger partial charge in [0.05, 0.1) is 23.7 Å². The maximum atomic E-state index is 12.3. The molecule has 1 fully saturated rings. The molecule has 1 saturated heterocycles. The fraction of sp³-hybridized carbons (Fsp3) is 0.500. The van der Waals surface area contributed by atoms with Gasteiger partial charge in [0.1, 0.15) is 0 Å². The first-order valence-electron chi connectivity index (χ1n) is 7.98. The molecule has 1 aromatic carbocycles. The van der Waals surface area contributed by atoms with Gasteiger partial charge < -0.3 is 20.5 Å². The Morgan fingerprint density at radius 1 is 1.36 bits per heavy atom. The molecule has 0 saturated carbocycles. The van der Waals surface area contributed by atoms with Gasteiger partial charge >= 0.3 is 5.97 Å². The molecule has 0 unspecified atom stereocenters. The van der Waals surface area contributed by atoms with E-state index < -0.39 is 33.9 Å². The summed E-state index contributed by atoms with van der Waals surface area (Å²) in [6.07, 6.45) is -0.690. The topological polar surface area (TPSA) is 122 Å². The van der Waals surface area contributed by atoms with Gasteiger partial charge in [0.25, 0.3) is 5.91 Å². The maximum absolute atomic E-state index is 12.3. The molecule has 8 nitrogen and oxygen atoms in total. The molecule has 1 aliphatic rings. The molecule has 1 aliphatic heterocycles. The molecule has 2 atom stereocenters. The van der Waals surface area contributed by atoms with Crippen molar-refractivity contribution in [2.24, 2.45) is 0 Å². The number of amides is 1. The van der Waals surface area contributed by atoms with Crippen LogP contribution in [0.15, 0.2) is 24.3 Å². The minimum absolute atomic E-state index is 0.0516. The van der Waals surface area contributed by atoms with Crippen molar-refractivity contribution in [3.63, 3.8) is 0 Å². The number of aliphatic hydroxyl groups is 1. The summed E-state index contributed by atoms with van der Waals surface area (Å²) in [6.45, 7) is 1.61. The molecule has 0 aromatic heterocycles. The lowest BCUT2D eigenvalue weighted by atomic mass is 10.1. The average Bonchev–Trinajstić information content (AvgIpc) is 2.91. The number of sulfone groups is 1. The zero-order chi connectivity index (χ0) is 18.4. The molecule has 3 N–H and O–H groups in total. The van der Waals surface area contributed by atoms with Crippen molar-refractivity contribution in [2.45, 2.75) is 25.5 Å². The normalized spacial score (nSPS) is 19.8. The highest BCUT2D eigenvalue weighted by molar-refractivity contribution is 7.91. The van der Waals surface area contributed by atoms with E-state index in [2.05, 4.69) is 10.6 Å². The SMILES string of the molecule is C[C@@H](OC(=O)c1ccccc1NCCO)C(=O)N[C@H]1CCS(=O)(=O)C1. The van der Waals surface area contributed by atoms with Crippen LogP contribution in [0.4, 0.5) is 5.69 Å². The zero-order valence-corrected chi connectivity index (χ0v) is 14.7. The van der Waals surface area contributed by atoms with E-state index in [4.69, 9.17) is 9.84 Å². The molecular formula is C16H22N2O6S. The predicted octanol–water partition coefficient (Wildman–Crippen LogP) is -0.0606. The Morgan fingerprint density at radius 2 is 2.08 bits per heavy atom. The van der Waals surface area contributed by atoms with Crippen molar-refractivity contribution in [2.75, 3.05) is 30.0 Å². The molecule has 0 radical (unpaired) electrons. The fourth-order valence-corrected chi connectivity index (χ4v) is 4.18. The molecular weight excluding hydrogens is 348 g/mol. The number of aliphatic hydroxyl groups excluding tert-OH is 1. The Morgan fingerprint density at radius 3 is 2.72 bits per heavy atom. The van der Waals surface area contributed by atoms with Crippen LogP contribution in [0.2, 0.25) is 0 Å². The van der Waals surface area contributed by atoms with Gasteiger partial charge in [-0.25, -0.2) is 13.2 Å². The number of ether oxygens (including phenoxy) is 1. The second-order valence-electron chi connectivity index (χ2n) is 5.85. The molecule has 0 spiro atoms. The van der Waals surface area contributed by atoms with Crippen LogP contribution in [-0.4, -0.2) is 62.2 Å². The summed E-state index contributed by atoms with van der Waals surface area (Å²) in [5.41, 5.74) is 0.745. The van der Waals surface area contributed by atoms with Gasteiger partial charge in [-0.05, 0) is 25.5 Å². The lowest BCUT2D eigenvalue weighted by Crippen LogP contribution is -2.42. The van der Waals surface area contributed by atoms with Crippen LogP contribution in [0.3, 0.4) is 0 Å². The van der Waals surface area contributed by atoms with Crippen molar-refractivity contribution in [3.8, 4) is 0 Å². The smallest absolute Gasteiger partial charge is 0.341 e. The minimum atomic E-state index is -3.10. The van der Waals surface area contributed by atoms with E-state index in [0.29, 0.717) is 12.1 Å².